The molecule has 2 heteroatoms. The fourth-order valence-electron chi connectivity index (χ4n) is 1.95. The molecule has 0 saturated heterocycles. The monoisotopic (exact) mass is 203 g/mol. The van der Waals surface area contributed by atoms with Gasteiger partial charge in [0.1, 0.15) is 5.15 Å². The Morgan fingerprint density at radius 2 is 2.07 bits per heavy atom. The number of pyridine rings is 1. The Morgan fingerprint density at radius 3 is 2.86 bits per heavy atom. The van der Waals surface area contributed by atoms with E-state index in [0.29, 0.717) is 5.15 Å². The molecule has 1 fully saturated rings. The van der Waals surface area contributed by atoms with E-state index >= 15 is 0 Å². The zero-order valence-electron chi connectivity index (χ0n) is 7.70. The maximum atomic E-state index is 6.12. The van der Waals surface area contributed by atoms with E-state index in [9.17, 15) is 0 Å². The molecule has 2 aromatic rings. The highest BCUT2D eigenvalue weighted by Gasteiger charge is 2.25. The summed E-state index contributed by atoms with van der Waals surface area (Å²) in [6.07, 6.45) is 4.36. The molecule has 1 aliphatic carbocycles. The summed E-state index contributed by atoms with van der Waals surface area (Å²) in [7, 11) is 0. The topological polar surface area (TPSA) is 12.9 Å². The van der Waals surface area contributed by atoms with Crippen molar-refractivity contribution in [3.8, 4) is 0 Å². The smallest absolute Gasteiger partial charge is 0.137 e. The van der Waals surface area contributed by atoms with Crippen LogP contribution in [0.15, 0.2) is 30.5 Å². The first kappa shape index (κ1) is 8.25. The van der Waals surface area contributed by atoms with Crippen molar-refractivity contribution in [2.45, 2.75) is 18.8 Å². The number of hydrogen-bond acceptors (Lipinski definition) is 1. The Bertz CT molecular complexity index is 483. The van der Waals surface area contributed by atoms with Crippen LogP contribution in [-0.2, 0) is 0 Å². The molecule has 0 amide bonds. The van der Waals surface area contributed by atoms with E-state index in [1.165, 1.54) is 23.8 Å². The molecule has 0 atom stereocenters. The van der Waals surface area contributed by atoms with Crippen LogP contribution in [0, 0.1) is 0 Å². The fraction of sp³-hybridized carbons (Fsp3) is 0.250. The molecule has 3 rings (SSSR count). The molecule has 1 aromatic heterocycles. The lowest BCUT2D eigenvalue weighted by molar-refractivity contribution is 1.15. The maximum absolute atomic E-state index is 6.12. The van der Waals surface area contributed by atoms with Gasteiger partial charge in [0.15, 0.2) is 0 Å². The standard InChI is InChI=1S/C12H10ClN/c13-12-11-9(6-7-14-12)2-1-3-10(11)8-4-5-8/h1-3,6-8H,4-5H2. The first-order valence-electron chi connectivity index (χ1n) is 4.89. The van der Waals surface area contributed by atoms with Gasteiger partial charge < -0.3 is 0 Å². The number of halogens is 1. The zero-order valence-corrected chi connectivity index (χ0v) is 8.46. The molecule has 0 N–H and O–H groups in total. The van der Waals surface area contributed by atoms with Gasteiger partial charge in [-0.2, -0.15) is 0 Å². The van der Waals surface area contributed by atoms with Crippen LogP contribution < -0.4 is 0 Å². The molecule has 0 bridgehead atoms. The van der Waals surface area contributed by atoms with E-state index in [1.54, 1.807) is 6.20 Å². The summed E-state index contributed by atoms with van der Waals surface area (Å²) in [6, 6.07) is 8.39. The Labute approximate surface area is 87.7 Å². The third-order valence-corrected chi connectivity index (χ3v) is 3.08. The van der Waals surface area contributed by atoms with Crippen LogP contribution in [0.1, 0.15) is 24.3 Å². The molecule has 70 valence electrons. The Morgan fingerprint density at radius 1 is 1.21 bits per heavy atom. The number of aromatic nitrogens is 1. The second-order valence-corrected chi connectivity index (χ2v) is 4.18. The third kappa shape index (κ3) is 1.20. The minimum Gasteiger partial charge on any atom is -0.244 e. The van der Waals surface area contributed by atoms with Crippen molar-refractivity contribution in [2.75, 3.05) is 0 Å². The van der Waals surface area contributed by atoms with Gasteiger partial charge in [-0.05, 0) is 35.8 Å². The summed E-state index contributed by atoms with van der Waals surface area (Å²) < 4.78 is 0. The summed E-state index contributed by atoms with van der Waals surface area (Å²) in [4.78, 5) is 4.14. The molecule has 1 nitrogen and oxygen atoms in total. The molecule has 1 aromatic carbocycles. The quantitative estimate of drug-likeness (QED) is 0.643. The number of hydrogen-bond donors (Lipinski definition) is 0. The predicted molar refractivity (Wildman–Crippen MR) is 58.7 cm³/mol. The molecule has 0 spiro atoms. The molecule has 0 aliphatic heterocycles. The summed E-state index contributed by atoms with van der Waals surface area (Å²) in [5.41, 5.74) is 1.38. The van der Waals surface area contributed by atoms with Gasteiger partial charge in [-0.3, -0.25) is 0 Å². The Balaban J connectivity index is 2.37. The van der Waals surface area contributed by atoms with Crippen molar-refractivity contribution in [2.24, 2.45) is 0 Å². The SMILES string of the molecule is Clc1nccc2cccc(C3CC3)c12. The normalized spacial score (nSPS) is 16.1. The number of benzene rings is 1. The van der Waals surface area contributed by atoms with Crippen molar-refractivity contribution in [3.05, 3.63) is 41.2 Å². The number of fused-ring (bicyclic) bond motifs is 1. The van der Waals surface area contributed by atoms with Crippen LogP contribution in [-0.4, -0.2) is 4.98 Å². The first-order chi connectivity index (χ1) is 6.86. The summed E-state index contributed by atoms with van der Waals surface area (Å²) >= 11 is 6.12. The maximum Gasteiger partial charge on any atom is 0.137 e. The van der Waals surface area contributed by atoms with Crippen LogP contribution >= 0.6 is 11.6 Å². The van der Waals surface area contributed by atoms with Crippen molar-refractivity contribution >= 4 is 22.4 Å². The lowest BCUT2D eigenvalue weighted by Crippen LogP contribution is -1.85. The Hall–Kier alpha value is -1.08. The largest absolute Gasteiger partial charge is 0.244 e. The summed E-state index contributed by atoms with van der Waals surface area (Å²) in [6.45, 7) is 0. The highest BCUT2D eigenvalue weighted by atomic mass is 35.5. The van der Waals surface area contributed by atoms with Gasteiger partial charge in [-0.1, -0.05) is 29.8 Å². The molecular weight excluding hydrogens is 194 g/mol. The summed E-state index contributed by atoms with van der Waals surface area (Å²) in [5, 5.41) is 3.00. The van der Waals surface area contributed by atoms with Crippen molar-refractivity contribution in [1.82, 2.24) is 4.98 Å². The van der Waals surface area contributed by atoms with E-state index in [4.69, 9.17) is 11.6 Å². The molecule has 1 heterocycles. The second-order valence-electron chi connectivity index (χ2n) is 3.82. The van der Waals surface area contributed by atoms with E-state index in [0.717, 1.165) is 11.3 Å². The van der Waals surface area contributed by atoms with Crippen LogP contribution in [0.5, 0.6) is 0 Å². The predicted octanol–water partition coefficient (Wildman–Crippen LogP) is 3.77. The van der Waals surface area contributed by atoms with Gasteiger partial charge in [0.05, 0.1) is 0 Å². The average molecular weight is 204 g/mol. The summed E-state index contributed by atoms with van der Waals surface area (Å²) in [5.74, 6) is 0.723. The van der Waals surface area contributed by atoms with Crippen molar-refractivity contribution < 1.29 is 0 Å². The van der Waals surface area contributed by atoms with E-state index in [1.807, 2.05) is 6.07 Å². The lowest BCUT2D eigenvalue weighted by atomic mass is 10.0. The molecule has 0 radical (unpaired) electrons. The molecule has 0 unspecified atom stereocenters. The van der Waals surface area contributed by atoms with Crippen molar-refractivity contribution in [3.63, 3.8) is 0 Å². The molecule has 1 aliphatic rings. The minimum absolute atomic E-state index is 0.644. The highest BCUT2D eigenvalue weighted by Crippen LogP contribution is 2.44. The zero-order chi connectivity index (χ0) is 9.54. The molecular formula is C12H10ClN. The van der Waals surface area contributed by atoms with Gasteiger partial charge in [-0.15, -0.1) is 0 Å². The van der Waals surface area contributed by atoms with E-state index in [2.05, 4.69) is 23.2 Å². The second kappa shape index (κ2) is 2.96. The van der Waals surface area contributed by atoms with Crippen LogP contribution in [0.2, 0.25) is 5.15 Å². The van der Waals surface area contributed by atoms with E-state index < -0.39 is 0 Å². The van der Waals surface area contributed by atoms with Crippen LogP contribution in [0.4, 0.5) is 0 Å². The molecule has 1 saturated carbocycles. The van der Waals surface area contributed by atoms with Crippen LogP contribution in [0.3, 0.4) is 0 Å². The average Bonchev–Trinajstić information content (AvgIpc) is 3.01. The van der Waals surface area contributed by atoms with Gasteiger partial charge in [-0.25, -0.2) is 4.98 Å². The number of rotatable bonds is 1. The van der Waals surface area contributed by atoms with Crippen molar-refractivity contribution in [1.29, 1.82) is 0 Å². The number of nitrogens with zero attached hydrogens (tertiary/aromatic N) is 1. The van der Waals surface area contributed by atoms with Gasteiger partial charge in [0.2, 0.25) is 0 Å². The highest BCUT2D eigenvalue weighted by molar-refractivity contribution is 6.34. The first-order valence-corrected chi connectivity index (χ1v) is 5.27. The third-order valence-electron chi connectivity index (χ3n) is 2.79. The van der Waals surface area contributed by atoms with Crippen LogP contribution in [0.25, 0.3) is 10.8 Å². The lowest BCUT2D eigenvalue weighted by Gasteiger charge is -2.05. The van der Waals surface area contributed by atoms with Gasteiger partial charge >= 0.3 is 0 Å². The molecule has 14 heavy (non-hydrogen) atoms. The fourth-order valence-corrected chi connectivity index (χ4v) is 2.22. The minimum atomic E-state index is 0.644. The van der Waals surface area contributed by atoms with Gasteiger partial charge in [0.25, 0.3) is 0 Å². The van der Waals surface area contributed by atoms with Gasteiger partial charge in [0, 0.05) is 11.6 Å². The van der Waals surface area contributed by atoms with E-state index in [-0.39, 0.29) is 0 Å². The Kier molecular flexibility index (Phi) is 1.74.